The highest BCUT2D eigenvalue weighted by Gasteiger charge is 2.21. The van der Waals surface area contributed by atoms with Crippen LogP contribution in [0.2, 0.25) is 10.0 Å². The minimum Gasteiger partial charge on any atom is -0.508 e. The van der Waals surface area contributed by atoms with E-state index in [2.05, 4.69) is 15.9 Å². The fourth-order valence-electron chi connectivity index (χ4n) is 4.59. The maximum absolute atomic E-state index is 10.9. The number of halogens is 5. The fraction of sp³-hybridized carbons (Fsp3) is 0.125. The number of phenolic OH excluding ortho intramolecular Hbond substituents is 6. The Morgan fingerprint density at radius 3 is 1.53 bits per heavy atom. The minimum atomic E-state index is -0.410. The average Bonchev–Trinajstić information content (AvgIpc) is 2.96. The normalized spacial score (nSPS) is 16.1. The summed E-state index contributed by atoms with van der Waals surface area (Å²) in [5.41, 5.74) is 1.61. The molecule has 6 N–H and O–H groups in total. The number of aromatic hydroxyl groups is 6. The zero-order chi connectivity index (χ0) is 32.6. The number of allylic oxidation sites excluding steroid dienone is 4. The molecule has 0 amide bonds. The molecule has 4 heterocycles. The van der Waals surface area contributed by atoms with Crippen LogP contribution in [0.1, 0.15) is 22.3 Å². The van der Waals surface area contributed by atoms with Crippen molar-refractivity contribution in [1.29, 1.82) is 0 Å². The zero-order valence-electron chi connectivity index (χ0n) is 22.9. The smallest absolute Gasteiger partial charge is 0.211 e. The molecule has 8 bridgehead atoms. The van der Waals surface area contributed by atoms with Crippen LogP contribution in [0.15, 0.2) is 69.2 Å². The summed E-state index contributed by atoms with van der Waals surface area (Å²) in [6, 6.07) is 9.50. The Kier molecular flexibility index (Phi) is 9.77. The second kappa shape index (κ2) is 13.4. The topological polar surface area (TPSA) is 140 Å². The van der Waals surface area contributed by atoms with Gasteiger partial charge in [-0.15, -0.1) is 0 Å². The Balaban J connectivity index is 1.61. The number of ether oxygens (including phenoxy) is 2. The lowest BCUT2D eigenvalue weighted by molar-refractivity contribution is 0.373. The first-order chi connectivity index (χ1) is 21.3. The Bertz CT molecular complexity index is 1870. The van der Waals surface area contributed by atoms with Crippen LogP contribution in [0, 0.1) is 0 Å². The maximum atomic E-state index is 10.9. The van der Waals surface area contributed by atoms with Crippen LogP contribution in [-0.4, -0.2) is 30.6 Å². The van der Waals surface area contributed by atoms with E-state index in [1.165, 1.54) is 42.5 Å². The number of rotatable bonds is 0. The fourth-order valence-corrected chi connectivity index (χ4v) is 5.87. The van der Waals surface area contributed by atoms with Crippen molar-refractivity contribution in [2.75, 3.05) is 0 Å². The molecule has 0 aromatic heterocycles. The van der Waals surface area contributed by atoms with Gasteiger partial charge in [-0.2, -0.15) is 0 Å². The van der Waals surface area contributed by atoms with Gasteiger partial charge in [0.1, 0.15) is 23.0 Å². The summed E-state index contributed by atoms with van der Waals surface area (Å²) >= 11 is 28.9. The van der Waals surface area contributed by atoms with E-state index in [1.54, 1.807) is 12.2 Å². The third kappa shape index (κ3) is 7.29. The van der Waals surface area contributed by atoms with Gasteiger partial charge in [0, 0.05) is 46.2 Å². The number of phenols is 6. The molecule has 4 aliphatic rings. The minimum absolute atomic E-state index is 0.0135. The van der Waals surface area contributed by atoms with Gasteiger partial charge >= 0.3 is 0 Å². The summed E-state index contributed by atoms with van der Waals surface area (Å²) in [5, 5.41) is 64.7. The van der Waals surface area contributed by atoms with Gasteiger partial charge in [0.2, 0.25) is 11.5 Å². The van der Waals surface area contributed by atoms with E-state index in [0.29, 0.717) is 32.3 Å². The lowest BCUT2D eigenvalue weighted by Gasteiger charge is -2.16. The number of hydrogen-bond acceptors (Lipinski definition) is 8. The molecule has 4 aromatic carbocycles. The van der Waals surface area contributed by atoms with Crippen LogP contribution >= 0.6 is 62.3 Å². The van der Waals surface area contributed by atoms with E-state index in [4.69, 9.17) is 55.9 Å². The summed E-state index contributed by atoms with van der Waals surface area (Å²) < 4.78 is 11.8. The maximum Gasteiger partial charge on any atom is 0.211 e. The molecule has 0 spiro atoms. The van der Waals surface area contributed by atoms with Crippen molar-refractivity contribution >= 4 is 62.3 Å². The molecule has 45 heavy (non-hydrogen) atoms. The van der Waals surface area contributed by atoms with Crippen molar-refractivity contribution < 1.29 is 40.1 Å². The summed E-state index contributed by atoms with van der Waals surface area (Å²) in [4.78, 5) is 0. The van der Waals surface area contributed by atoms with Crippen molar-refractivity contribution in [1.82, 2.24) is 0 Å². The Morgan fingerprint density at radius 1 is 0.533 bits per heavy atom. The van der Waals surface area contributed by atoms with Crippen LogP contribution in [0.4, 0.5) is 0 Å². The predicted octanol–water partition coefficient (Wildman–Crippen LogP) is 9.70. The van der Waals surface area contributed by atoms with Gasteiger partial charge in [0.25, 0.3) is 0 Å². The van der Waals surface area contributed by atoms with E-state index >= 15 is 0 Å². The molecule has 0 radical (unpaired) electrons. The first-order valence-corrected chi connectivity index (χ1v) is 15.5. The molecule has 4 aliphatic heterocycles. The van der Waals surface area contributed by atoms with Crippen molar-refractivity contribution in [2.45, 2.75) is 25.7 Å². The molecular weight excluding hydrogens is 734 g/mol. The summed E-state index contributed by atoms with van der Waals surface area (Å²) in [7, 11) is 0. The Morgan fingerprint density at radius 2 is 1.00 bits per heavy atom. The highest BCUT2D eigenvalue weighted by atomic mass is 79.9. The highest BCUT2D eigenvalue weighted by molar-refractivity contribution is 9.10. The molecule has 0 fully saturated rings. The number of hydrogen-bond donors (Lipinski definition) is 6. The largest absolute Gasteiger partial charge is 0.508 e. The third-order valence-electron chi connectivity index (χ3n) is 6.87. The summed E-state index contributed by atoms with van der Waals surface area (Å²) in [6.07, 6.45) is 3.66. The van der Waals surface area contributed by atoms with E-state index in [9.17, 15) is 30.6 Å². The van der Waals surface area contributed by atoms with E-state index in [1.807, 2.05) is 0 Å². The summed E-state index contributed by atoms with van der Waals surface area (Å²) in [6.45, 7) is 0. The lowest BCUT2D eigenvalue weighted by atomic mass is 10.1. The molecule has 0 atom stereocenters. The second-order valence-electron chi connectivity index (χ2n) is 10.1. The van der Waals surface area contributed by atoms with Crippen molar-refractivity contribution in [3.63, 3.8) is 0 Å². The van der Waals surface area contributed by atoms with Crippen molar-refractivity contribution in [3.8, 4) is 57.5 Å². The standard InChI is InChI=1S/C32H23BrCl4O8/c33-29-17-8-19(35)4-2-16-10-27(20(36)12-22(16)38)44-31-24(40)6-14(7-25(31)41)5-18(34)3-1-15-11-28(21(37)13-23(15)39)45-32(30(29)43)26(42)9-17/h3-4,6-7,9-13,38-43H,1-2,5,8H2/b18-3+,19-4-. The molecule has 8 rings (SSSR count). The molecule has 4 aromatic rings. The van der Waals surface area contributed by atoms with Crippen LogP contribution < -0.4 is 9.47 Å². The monoisotopic (exact) mass is 754 g/mol. The van der Waals surface area contributed by atoms with Crippen LogP contribution in [-0.2, 0) is 25.7 Å². The van der Waals surface area contributed by atoms with Gasteiger partial charge < -0.3 is 40.1 Å². The second-order valence-corrected chi connectivity index (χ2v) is 12.7. The van der Waals surface area contributed by atoms with E-state index < -0.39 is 11.5 Å². The van der Waals surface area contributed by atoms with Gasteiger partial charge in [-0.05, 0) is 70.2 Å². The van der Waals surface area contributed by atoms with Crippen molar-refractivity contribution in [2.24, 2.45) is 0 Å². The molecular formula is C32H23BrCl4O8. The lowest BCUT2D eigenvalue weighted by Crippen LogP contribution is -1.95. The predicted molar refractivity (Wildman–Crippen MR) is 176 cm³/mol. The number of benzene rings is 4. The molecule has 0 saturated heterocycles. The first kappa shape index (κ1) is 32.8. The summed E-state index contributed by atoms with van der Waals surface area (Å²) in [5.74, 6) is -2.30. The molecule has 13 heteroatoms. The Labute approximate surface area is 285 Å². The van der Waals surface area contributed by atoms with Crippen molar-refractivity contribution in [3.05, 3.63) is 101 Å². The molecule has 8 nitrogen and oxygen atoms in total. The van der Waals surface area contributed by atoms with Crippen LogP contribution in [0.25, 0.3) is 0 Å². The van der Waals surface area contributed by atoms with Crippen LogP contribution in [0.5, 0.6) is 57.5 Å². The van der Waals surface area contributed by atoms with E-state index in [-0.39, 0.29) is 86.2 Å². The van der Waals surface area contributed by atoms with Crippen LogP contribution in [0.3, 0.4) is 0 Å². The van der Waals surface area contributed by atoms with E-state index in [0.717, 1.165) is 0 Å². The van der Waals surface area contributed by atoms with Gasteiger partial charge in [0.15, 0.2) is 23.0 Å². The quantitative estimate of drug-likeness (QED) is 0.104. The third-order valence-corrected chi connectivity index (χ3v) is 8.92. The van der Waals surface area contributed by atoms with Gasteiger partial charge in [-0.1, -0.05) is 58.6 Å². The first-order valence-electron chi connectivity index (χ1n) is 13.2. The molecule has 0 unspecified atom stereocenters. The highest BCUT2D eigenvalue weighted by Crippen LogP contribution is 2.48. The van der Waals surface area contributed by atoms with Gasteiger partial charge in [-0.25, -0.2) is 0 Å². The molecule has 0 aliphatic carbocycles. The molecule has 0 saturated carbocycles. The van der Waals surface area contributed by atoms with Gasteiger partial charge in [0.05, 0.1) is 14.5 Å². The average molecular weight is 757 g/mol. The zero-order valence-corrected chi connectivity index (χ0v) is 27.5. The van der Waals surface area contributed by atoms with Gasteiger partial charge in [-0.3, -0.25) is 0 Å². The SMILES string of the molecule is Oc1cc(Cl)c2cc1C/C=C(\Cl)Cc1cc(O)c(c(O)c1Br)Oc1cc(c(O)cc1Cl)C/C=C(/Cl)Cc1cc(O)c(c(O)c1)O2. The Hall–Kier alpha value is -3.60. The molecule has 234 valence electrons.